The van der Waals surface area contributed by atoms with Crippen molar-refractivity contribution in [1.29, 1.82) is 0 Å². The Labute approximate surface area is 195 Å². The van der Waals surface area contributed by atoms with Gasteiger partial charge in [-0.3, -0.25) is 14.5 Å². The summed E-state index contributed by atoms with van der Waals surface area (Å²) in [6.07, 6.45) is 3.15. The lowest BCUT2D eigenvalue weighted by molar-refractivity contribution is -0.119. The van der Waals surface area contributed by atoms with Gasteiger partial charge in [0, 0.05) is 30.4 Å². The molecule has 7 heteroatoms. The second-order valence-electron chi connectivity index (χ2n) is 8.58. The summed E-state index contributed by atoms with van der Waals surface area (Å²) >= 11 is 0. The van der Waals surface area contributed by atoms with Crippen LogP contribution in [0, 0.1) is 13.8 Å². The van der Waals surface area contributed by atoms with Gasteiger partial charge < -0.3 is 15.4 Å². The maximum Gasteiger partial charge on any atom is 0.338 e. The second kappa shape index (κ2) is 11.6. The Balaban J connectivity index is 1.47. The van der Waals surface area contributed by atoms with Crippen molar-refractivity contribution in [1.82, 2.24) is 4.90 Å². The molecule has 0 radical (unpaired) electrons. The topological polar surface area (TPSA) is 87.7 Å². The zero-order valence-corrected chi connectivity index (χ0v) is 19.6. The highest BCUT2D eigenvalue weighted by atomic mass is 16.5. The Morgan fingerprint density at radius 2 is 1.73 bits per heavy atom. The van der Waals surface area contributed by atoms with Gasteiger partial charge in [-0.1, -0.05) is 19.1 Å². The molecule has 0 atom stereocenters. The predicted octanol–water partition coefficient (Wildman–Crippen LogP) is 4.30. The number of benzene rings is 2. The van der Waals surface area contributed by atoms with Gasteiger partial charge in [0.2, 0.25) is 11.8 Å². The van der Waals surface area contributed by atoms with Gasteiger partial charge in [0.15, 0.2) is 0 Å². The fourth-order valence-electron chi connectivity index (χ4n) is 3.51. The molecule has 0 unspecified atom stereocenters. The number of carbonyl (C=O) groups excluding carboxylic acids is 3. The van der Waals surface area contributed by atoms with Gasteiger partial charge in [0.05, 0.1) is 18.7 Å². The van der Waals surface area contributed by atoms with E-state index in [1.165, 1.54) is 0 Å². The van der Waals surface area contributed by atoms with E-state index in [1.54, 1.807) is 24.3 Å². The van der Waals surface area contributed by atoms with Crippen molar-refractivity contribution in [3.8, 4) is 0 Å². The Hall–Kier alpha value is -3.19. The van der Waals surface area contributed by atoms with Crippen LogP contribution < -0.4 is 10.6 Å². The quantitative estimate of drug-likeness (QED) is 0.497. The van der Waals surface area contributed by atoms with E-state index >= 15 is 0 Å². The summed E-state index contributed by atoms with van der Waals surface area (Å²) in [6.45, 7) is 7.07. The molecule has 2 aromatic rings. The van der Waals surface area contributed by atoms with Crippen molar-refractivity contribution in [2.24, 2.45) is 0 Å². The zero-order valence-electron chi connectivity index (χ0n) is 19.6. The summed E-state index contributed by atoms with van der Waals surface area (Å²) in [7, 11) is 0. The summed E-state index contributed by atoms with van der Waals surface area (Å²) in [5.41, 5.74) is 4.03. The molecular weight excluding hydrogens is 418 g/mol. The molecule has 3 rings (SSSR count). The van der Waals surface area contributed by atoms with Crippen LogP contribution in [0.1, 0.15) is 54.1 Å². The Morgan fingerprint density at radius 3 is 2.39 bits per heavy atom. The van der Waals surface area contributed by atoms with Gasteiger partial charge in [0.25, 0.3) is 0 Å². The lowest BCUT2D eigenvalue weighted by Gasteiger charge is -2.21. The van der Waals surface area contributed by atoms with E-state index in [0.717, 1.165) is 36.1 Å². The average Bonchev–Trinajstić information content (AvgIpc) is 3.63. The molecule has 0 aromatic heterocycles. The van der Waals surface area contributed by atoms with E-state index in [-0.39, 0.29) is 30.7 Å². The number of carbonyl (C=O) groups is 3. The Kier molecular flexibility index (Phi) is 8.60. The SMILES string of the molecule is CCCOC(=O)c1ccc(NC(=O)CCN(CC(=O)Nc2cc(C)ccc2C)C2CC2)cc1. The van der Waals surface area contributed by atoms with Crippen LogP contribution in [0.4, 0.5) is 11.4 Å². The minimum Gasteiger partial charge on any atom is -0.462 e. The number of anilines is 2. The number of hydrogen-bond donors (Lipinski definition) is 2. The summed E-state index contributed by atoms with van der Waals surface area (Å²) in [5.74, 6) is -0.563. The van der Waals surface area contributed by atoms with E-state index in [4.69, 9.17) is 4.74 Å². The summed E-state index contributed by atoms with van der Waals surface area (Å²) in [4.78, 5) is 39.0. The number of nitrogens with one attached hydrogen (secondary N) is 2. The van der Waals surface area contributed by atoms with E-state index in [9.17, 15) is 14.4 Å². The highest BCUT2D eigenvalue weighted by Crippen LogP contribution is 2.27. The highest BCUT2D eigenvalue weighted by Gasteiger charge is 2.30. The summed E-state index contributed by atoms with van der Waals surface area (Å²) in [6, 6.07) is 13.0. The van der Waals surface area contributed by atoms with Gasteiger partial charge in [0.1, 0.15) is 0 Å². The van der Waals surface area contributed by atoms with Crippen molar-refractivity contribution in [3.63, 3.8) is 0 Å². The smallest absolute Gasteiger partial charge is 0.338 e. The van der Waals surface area contributed by atoms with Crippen molar-refractivity contribution in [3.05, 3.63) is 59.2 Å². The Morgan fingerprint density at radius 1 is 1.00 bits per heavy atom. The zero-order chi connectivity index (χ0) is 23.8. The van der Waals surface area contributed by atoms with Gasteiger partial charge in [-0.2, -0.15) is 0 Å². The normalized spacial score (nSPS) is 13.0. The van der Waals surface area contributed by atoms with Gasteiger partial charge in [-0.25, -0.2) is 4.79 Å². The number of nitrogens with zero attached hydrogens (tertiary/aromatic N) is 1. The monoisotopic (exact) mass is 451 g/mol. The van der Waals surface area contributed by atoms with Crippen molar-refractivity contribution < 1.29 is 19.1 Å². The fraction of sp³-hybridized carbons (Fsp3) is 0.423. The van der Waals surface area contributed by atoms with Crippen molar-refractivity contribution in [2.45, 2.75) is 52.5 Å². The molecule has 33 heavy (non-hydrogen) atoms. The van der Waals surface area contributed by atoms with Crippen LogP contribution in [0.5, 0.6) is 0 Å². The van der Waals surface area contributed by atoms with Crippen molar-refractivity contribution >= 4 is 29.2 Å². The first-order valence-corrected chi connectivity index (χ1v) is 11.5. The third-order valence-electron chi connectivity index (χ3n) is 5.54. The molecule has 2 N–H and O–H groups in total. The number of hydrogen-bond acceptors (Lipinski definition) is 5. The minimum absolute atomic E-state index is 0.0680. The van der Waals surface area contributed by atoms with Crippen LogP contribution in [0.2, 0.25) is 0 Å². The van der Waals surface area contributed by atoms with Crippen LogP contribution >= 0.6 is 0 Å². The molecular formula is C26H33N3O4. The molecule has 0 saturated heterocycles. The van der Waals surface area contributed by atoms with E-state index in [2.05, 4.69) is 15.5 Å². The molecule has 1 aliphatic rings. The molecule has 7 nitrogen and oxygen atoms in total. The largest absolute Gasteiger partial charge is 0.462 e. The molecule has 1 saturated carbocycles. The number of ether oxygens (including phenoxy) is 1. The molecule has 0 heterocycles. The molecule has 0 spiro atoms. The van der Waals surface area contributed by atoms with E-state index < -0.39 is 0 Å². The molecule has 176 valence electrons. The van der Waals surface area contributed by atoms with Gasteiger partial charge in [-0.05, 0) is 74.6 Å². The van der Waals surface area contributed by atoms with Gasteiger partial charge >= 0.3 is 5.97 Å². The first-order valence-electron chi connectivity index (χ1n) is 11.5. The first-order chi connectivity index (χ1) is 15.9. The third kappa shape index (κ3) is 7.71. The highest BCUT2D eigenvalue weighted by molar-refractivity contribution is 5.94. The lowest BCUT2D eigenvalue weighted by Crippen LogP contribution is -2.37. The van der Waals surface area contributed by atoms with Crippen LogP contribution in [0.3, 0.4) is 0 Å². The van der Waals surface area contributed by atoms with Crippen LogP contribution in [-0.2, 0) is 14.3 Å². The molecule has 0 aliphatic heterocycles. The number of rotatable bonds is 11. The number of aryl methyl sites for hydroxylation is 2. The summed E-state index contributed by atoms with van der Waals surface area (Å²) < 4.78 is 5.11. The van der Waals surface area contributed by atoms with Crippen LogP contribution in [-0.4, -0.2) is 48.4 Å². The van der Waals surface area contributed by atoms with E-state index in [1.807, 2.05) is 39.0 Å². The standard InChI is InChI=1S/C26H33N3O4/c1-4-15-33-26(32)20-7-9-21(10-8-20)27-24(30)13-14-29(22-11-12-22)17-25(31)28-23-16-18(2)5-6-19(23)3/h5-10,16,22H,4,11-15,17H2,1-3H3,(H,27,30)(H,28,31). The average molecular weight is 452 g/mol. The van der Waals surface area contributed by atoms with Crippen molar-refractivity contribution in [2.75, 3.05) is 30.3 Å². The van der Waals surface area contributed by atoms with Crippen LogP contribution in [0.25, 0.3) is 0 Å². The predicted molar refractivity (Wildman–Crippen MR) is 129 cm³/mol. The molecule has 2 amide bonds. The molecule has 0 bridgehead atoms. The lowest BCUT2D eigenvalue weighted by atomic mass is 10.1. The molecule has 1 aliphatic carbocycles. The van der Waals surface area contributed by atoms with E-state index in [0.29, 0.717) is 30.4 Å². The maximum atomic E-state index is 12.6. The first kappa shape index (κ1) is 24.5. The Bertz CT molecular complexity index is 984. The maximum absolute atomic E-state index is 12.6. The van der Waals surface area contributed by atoms with Gasteiger partial charge in [-0.15, -0.1) is 0 Å². The molecule has 1 fully saturated rings. The molecule has 2 aromatic carbocycles. The number of esters is 1. The minimum atomic E-state index is -0.367. The third-order valence-corrected chi connectivity index (χ3v) is 5.54. The second-order valence-corrected chi connectivity index (χ2v) is 8.58. The van der Waals surface area contributed by atoms with Crippen LogP contribution in [0.15, 0.2) is 42.5 Å². The summed E-state index contributed by atoms with van der Waals surface area (Å²) in [5, 5.41) is 5.85. The fourth-order valence-corrected chi connectivity index (χ4v) is 3.51. The number of amides is 2.